The highest BCUT2D eigenvalue weighted by atomic mass is 16.4. The number of benzene rings is 2. The van der Waals surface area contributed by atoms with Gasteiger partial charge in [0.15, 0.2) is 0 Å². The molecule has 0 radical (unpaired) electrons. The van der Waals surface area contributed by atoms with E-state index >= 15 is 0 Å². The summed E-state index contributed by atoms with van der Waals surface area (Å²) < 4.78 is 0. The quantitative estimate of drug-likeness (QED) is 0.139. The predicted octanol–water partition coefficient (Wildman–Crippen LogP) is 0.495. The van der Waals surface area contributed by atoms with Crippen LogP contribution in [-0.4, -0.2) is 63.9 Å². The summed E-state index contributed by atoms with van der Waals surface area (Å²) in [5.74, 6) is -4.37. The molecular weight excluding hydrogens is 528 g/mol. The third kappa shape index (κ3) is 8.90. The van der Waals surface area contributed by atoms with Crippen LogP contribution >= 0.6 is 0 Å². The van der Waals surface area contributed by atoms with Crippen LogP contribution in [0.15, 0.2) is 60.8 Å². The number of hydrogen-bond acceptors (Lipinski definition) is 6. The first kappa shape index (κ1) is 30.8. The number of para-hydroxylation sites is 1. The van der Waals surface area contributed by atoms with Crippen molar-refractivity contribution in [1.29, 1.82) is 0 Å². The summed E-state index contributed by atoms with van der Waals surface area (Å²) >= 11 is 0. The number of aromatic nitrogens is 1. The number of fused-ring (bicyclic) bond motifs is 1. The Balaban J connectivity index is 1.67. The van der Waals surface area contributed by atoms with E-state index in [1.165, 1.54) is 0 Å². The Morgan fingerprint density at radius 1 is 0.829 bits per heavy atom. The van der Waals surface area contributed by atoms with E-state index < -0.39 is 60.2 Å². The Hall–Kier alpha value is -4.71. The molecule has 0 aliphatic heterocycles. The van der Waals surface area contributed by atoms with Gasteiger partial charge in [0.2, 0.25) is 23.6 Å². The SMILES string of the molecule is CCC[C@H](NC(=O)[C@@H](N)Cc1c[nH]c2ccccc12)C(=O)N[C@@H](CC(=O)O)C(=O)N[C@@H](Cc1ccccc1)C(N)=O. The van der Waals surface area contributed by atoms with Crippen LogP contribution in [0.25, 0.3) is 10.9 Å². The number of rotatable bonds is 15. The van der Waals surface area contributed by atoms with Crippen molar-refractivity contribution in [3.05, 3.63) is 71.9 Å². The van der Waals surface area contributed by atoms with Crippen molar-refractivity contribution >= 4 is 40.5 Å². The molecule has 0 saturated carbocycles. The van der Waals surface area contributed by atoms with Gasteiger partial charge in [0.25, 0.3) is 0 Å². The minimum Gasteiger partial charge on any atom is -0.481 e. The summed E-state index contributed by atoms with van der Waals surface area (Å²) in [7, 11) is 0. The van der Waals surface area contributed by atoms with Crippen molar-refractivity contribution in [2.24, 2.45) is 11.5 Å². The molecule has 1 heterocycles. The zero-order valence-corrected chi connectivity index (χ0v) is 22.8. The third-order valence-corrected chi connectivity index (χ3v) is 6.62. The van der Waals surface area contributed by atoms with E-state index in [-0.39, 0.29) is 19.3 Å². The van der Waals surface area contributed by atoms with Gasteiger partial charge in [0, 0.05) is 23.5 Å². The lowest BCUT2D eigenvalue weighted by atomic mass is 10.0. The fraction of sp³-hybridized carbons (Fsp3) is 0.345. The summed E-state index contributed by atoms with van der Waals surface area (Å²) in [6.45, 7) is 1.81. The zero-order chi connectivity index (χ0) is 29.9. The number of aliphatic carboxylic acids is 1. The summed E-state index contributed by atoms with van der Waals surface area (Å²) in [6, 6.07) is 11.7. The number of aromatic amines is 1. The van der Waals surface area contributed by atoms with Gasteiger partial charge in [-0.05, 0) is 30.0 Å². The molecule has 218 valence electrons. The van der Waals surface area contributed by atoms with Gasteiger partial charge in [0.1, 0.15) is 18.1 Å². The van der Waals surface area contributed by atoms with E-state index in [0.717, 1.165) is 22.0 Å². The molecule has 2 aromatic carbocycles. The van der Waals surface area contributed by atoms with Crippen LogP contribution in [0.2, 0.25) is 0 Å². The van der Waals surface area contributed by atoms with Gasteiger partial charge in [-0.25, -0.2) is 0 Å². The number of carboxylic acid groups (broad SMARTS) is 1. The molecule has 0 aliphatic rings. The zero-order valence-electron chi connectivity index (χ0n) is 22.8. The molecular formula is C29H36N6O6. The second-order valence-electron chi connectivity index (χ2n) is 9.83. The lowest BCUT2D eigenvalue weighted by Crippen LogP contribution is -2.58. The highest BCUT2D eigenvalue weighted by molar-refractivity contribution is 5.96. The minimum atomic E-state index is -1.52. The Morgan fingerprint density at radius 2 is 1.44 bits per heavy atom. The first-order valence-corrected chi connectivity index (χ1v) is 13.4. The molecule has 0 aliphatic carbocycles. The molecule has 9 N–H and O–H groups in total. The van der Waals surface area contributed by atoms with Crippen molar-refractivity contribution in [3.63, 3.8) is 0 Å². The summed E-state index contributed by atoms with van der Waals surface area (Å²) in [5, 5.41) is 17.8. The van der Waals surface area contributed by atoms with Crippen molar-refractivity contribution in [2.75, 3.05) is 0 Å². The van der Waals surface area contributed by atoms with Gasteiger partial charge in [-0.2, -0.15) is 0 Å². The number of primary amides is 1. The average molecular weight is 565 g/mol. The van der Waals surface area contributed by atoms with Crippen molar-refractivity contribution in [3.8, 4) is 0 Å². The van der Waals surface area contributed by atoms with Crippen molar-refractivity contribution < 1.29 is 29.1 Å². The standard InChI is InChI=1S/C29H36N6O6/c1-2-8-22(33-27(39)20(30)14-18-16-32-21-12-7-6-11-19(18)21)28(40)35-24(15-25(36)37)29(41)34-23(26(31)38)13-17-9-4-3-5-10-17/h3-7,9-12,16,20,22-24,32H,2,8,13-15,30H2,1H3,(H2,31,38)(H,33,39)(H,34,41)(H,35,40)(H,36,37)/t20-,22-,23-,24-/m0/s1. The molecule has 0 fully saturated rings. The van der Waals surface area contributed by atoms with Crippen LogP contribution in [0.3, 0.4) is 0 Å². The number of carbonyl (C=O) groups excluding carboxylic acids is 4. The number of carboxylic acids is 1. The van der Waals surface area contributed by atoms with Gasteiger partial charge >= 0.3 is 5.97 Å². The fourth-order valence-corrected chi connectivity index (χ4v) is 4.47. The molecule has 4 amide bonds. The van der Waals surface area contributed by atoms with Crippen LogP contribution < -0.4 is 27.4 Å². The molecule has 41 heavy (non-hydrogen) atoms. The Labute approximate surface area is 237 Å². The molecule has 3 aromatic rings. The monoisotopic (exact) mass is 564 g/mol. The predicted molar refractivity (Wildman–Crippen MR) is 152 cm³/mol. The van der Waals surface area contributed by atoms with Gasteiger partial charge in [-0.1, -0.05) is 61.9 Å². The molecule has 12 heteroatoms. The maximum absolute atomic E-state index is 13.2. The maximum Gasteiger partial charge on any atom is 0.305 e. The number of hydrogen-bond donors (Lipinski definition) is 7. The van der Waals surface area contributed by atoms with Crippen LogP contribution in [-0.2, 0) is 36.8 Å². The minimum absolute atomic E-state index is 0.0818. The second-order valence-corrected chi connectivity index (χ2v) is 9.83. The van der Waals surface area contributed by atoms with E-state index in [0.29, 0.717) is 6.42 Å². The summed E-state index contributed by atoms with van der Waals surface area (Å²) in [4.78, 5) is 65.7. The highest BCUT2D eigenvalue weighted by Gasteiger charge is 2.31. The van der Waals surface area contributed by atoms with Crippen molar-refractivity contribution in [1.82, 2.24) is 20.9 Å². The van der Waals surface area contributed by atoms with E-state index in [9.17, 15) is 29.1 Å². The van der Waals surface area contributed by atoms with Crippen LogP contribution in [0, 0.1) is 0 Å². The van der Waals surface area contributed by atoms with Crippen molar-refractivity contribution in [2.45, 2.75) is 63.2 Å². The summed E-state index contributed by atoms with van der Waals surface area (Å²) in [6.07, 6.45) is 2.06. The van der Waals surface area contributed by atoms with Crippen LogP contribution in [0.5, 0.6) is 0 Å². The first-order valence-electron chi connectivity index (χ1n) is 13.4. The smallest absolute Gasteiger partial charge is 0.305 e. The number of H-pyrrole nitrogens is 1. The normalized spacial score (nSPS) is 13.9. The molecule has 0 unspecified atom stereocenters. The summed E-state index contributed by atoms with van der Waals surface area (Å²) in [5.41, 5.74) is 14.1. The Kier molecular flexibility index (Phi) is 11.0. The van der Waals surface area contributed by atoms with Gasteiger partial charge < -0.3 is 37.5 Å². The molecule has 0 bridgehead atoms. The maximum atomic E-state index is 13.2. The van der Waals surface area contributed by atoms with E-state index in [1.807, 2.05) is 24.3 Å². The Morgan fingerprint density at radius 3 is 2.10 bits per heavy atom. The number of amides is 4. The molecule has 3 rings (SSSR count). The lowest BCUT2D eigenvalue weighted by Gasteiger charge is -2.24. The largest absolute Gasteiger partial charge is 0.481 e. The van der Waals surface area contributed by atoms with Crippen LogP contribution in [0.1, 0.15) is 37.3 Å². The number of carbonyl (C=O) groups is 5. The first-order chi connectivity index (χ1) is 19.6. The third-order valence-electron chi connectivity index (χ3n) is 6.62. The van der Waals surface area contributed by atoms with E-state index in [4.69, 9.17) is 11.5 Å². The van der Waals surface area contributed by atoms with E-state index in [2.05, 4.69) is 20.9 Å². The Bertz CT molecular complexity index is 1370. The molecule has 0 spiro atoms. The topological polar surface area (TPSA) is 209 Å². The highest BCUT2D eigenvalue weighted by Crippen LogP contribution is 2.19. The van der Waals surface area contributed by atoms with E-state index in [1.54, 1.807) is 43.5 Å². The second kappa shape index (κ2) is 14.6. The molecule has 4 atom stereocenters. The average Bonchev–Trinajstić information content (AvgIpc) is 3.34. The van der Waals surface area contributed by atoms with Gasteiger partial charge in [-0.15, -0.1) is 0 Å². The van der Waals surface area contributed by atoms with Crippen LogP contribution in [0.4, 0.5) is 0 Å². The lowest BCUT2D eigenvalue weighted by molar-refractivity contribution is -0.141. The molecule has 1 aromatic heterocycles. The molecule has 12 nitrogen and oxygen atoms in total. The number of nitrogens with two attached hydrogens (primary N) is 2. The fourth-order valence-electron chi connectivity index (χ4n) is 4.47. The molecule has 0 saturated heterocycles. The van der Waals surface area contributed by atoms with Gasteiger partial charge in [0.05, 0.1) is 12.5 Å². The van der Waals surface area contributed by atoms with Gasteiger partial charge in [-0.3, -0.25) is 24.0 Å². The number of nitrogens with one attached hydrogen (secondary N) is 4.